The lowest BCUT2D eigenvalue weighted by Crippen LogP contribution is -2.49. The average molecular weight is 258 g/mol. The van der Waals surface area contributed by atoms with E-state index in [0.717, 1.165) is 24.2 Å². The first-order valence-electron chi connectivity index (χ1n) is 5.96. The van der Waals surface area contributed by atoms with Crippen LogP contribution in [-0.4, -0.2) is 58.6 Å². The van der Waals surface area contributed by atoms with Crippen molar-refractivity contribution in [2.45, 2.75) is 31.7 Å². The second-order valence-electron chi connectivity index (χ2n) is 4.34. The SMILES string of the molecule is O=C(O)CN(CC(=O)O)C(=O)C1CCCCCN1. The van der Waals surface area contributed by atoms with Crippen LogP contribution in [0.1, 0.15) is 25.7 Å². The predicted molar refractivity (Wildman–Crippen MR) is 62.1 cm³/mol. The van der Waals surface area contributed by atoms with Gasteiger partial charge in [-0.2, -0.15) is 0 Å². The first-order chi connectivity index (χ1) is 8.50. The summed E-state index contributed by atoms with van der Waals surface area (Å²) in [4.78, 5) is 34.2. The summed E-state index contributed by atoms with van der Waals surface area (Å²) in [6.07, 6.45) is 3.50. The zero-order chi connectivity index (χ0) is 13.5. The molecule has 0 spiro atoms. The third-order valence-electron chi connectivity index (χ3n) is 2.82. The number of amides is 1. The van der Waals surface area contributed by atoms with Crippen LogP contribution in [0.3, 0.4) is 0 Å². The topological polar surface area (TPSA) is 107 Å². The van der Waals surface area contributed by atoms with Gasteiger partial charge in [0.05, 0.1) is 6.04 Å². The molecule has 18 heavy (non-hydrogen) atoms. The van der Waals surface area contributed by atoms with Gasteiger partial charge in [0.25, 0.3) is 0 Å². The summed E-state index contributed by atoms with van der Waals surface area (Å²) in [6, 6.07) is -0.466. The molecule has 0 aromatic heterocycles. The Kier molecular flexibility index (Phi) is 5.57. The normalized spacial score (nSPS) is 19.9. The number of carboxylic acid groups (broad SMARTS) is 2. The number of hydrogen-bond donors (Lipinski definition) is 3. The Morgan fingerprint density at radius 1 is 1.06 bits per heavy atom. The van der Waals surface area contributed by atoms with Gasteiger partial charge >= 0.3 is 11.9 Å². The molecule has 1 amide bonds. The summed E-state index contributed by atoms with van der Waals surface area (Å²) in [6.45, 7) is -0.461. The Morgan fingerprint density at radius 3 is 2.22 bits per heavy atom. The highest BCUT2D eigenvalue weighted by molar-refractivity contribution is 5.88. The molecule has 7 heteroatoms. The van der Waals surface area contributed by atoms with Crippen LogP contribution in [0.25, 0.3) is 0 Å². The van der Waals surface area contributed by atoms with Crippen LogP contribution in [0.5, 0.6) is 0 Å². The Hall–Kier alpha value is -1.63. The van der Waals surface area contributed by atoms with Crippen LogP contribution < -0.4 is 5.32 Å². The molecule has 0 radical (unpaired) electrons. The van der Waals surface area contributed by atoms with Crippen LogP contribution >= 0.6 is 0 Å². The van der Waals surface area contributed by atoms with E-state index >= 15 is 0 Å². The van der Waals surface area contributed by atoms with Gasteiger partial charge in [-0.25, -0.2) is 0 Å². The lowest BCUT2D eigenvalue weighted by atomic mass is 10.1. The zero-order valence-electron chi connectivity index (χ0n) is 10.1. The number of nitrogens with one attached hydrogen (secondary N) is 1. The molecular weight excluding hydrogens is 240 g/mol. The minimum Gasteiger partial charge on any atom is -0.480 e. The highest BCUT2D eigenvalue weighted by atomic mass is 16.4. The van der Waals surface area contributed by atoms with Gasteiger partial charge in [0, 0.05) is 0 Å². The lowest BCUT2D eigenvalue weighted by molar-refractivity contribution is -0.150. The predicted octanol–water partition coefficient (Wildman–Crippen LogP) is -0.484. The van der Waals surface area contributed by atoms with Crippen LogP contribution in [0.15, 0.2) is 0 Å². The molecule has 0 bridgehead atoms. The van der Waals surface area contributed by atoms with E-state index in [1.54, 1.807) is 0 Å². The molecule has 1 rings (SSSR count). The van der Waals surface area contributed by atoms with E-state index in [-0.39, 0.29) is 0 Å². The molecule has 0 aromatic rings. The number of hydrogen-bond acceptors (Lipinski definition) is 4. The third-order valence-corrected chi connectivity index (χ3v) is 2.82. The smallest absolute Gasteiger partial charge is 0.323 e. The van der Waals surface area contributed by atoms with Crippen molar-refractivity contribution in [1.82, 2.24) is 10.2 Å². The number of aliphatic carboxylic acids is 2. The van der Waals surface area contributed by atoms with Crippen LogP contribution in [0, 0.1) is 0 Å². The van der Waals surface area contributed by atoms with Gasteiger partial charge < -0.3 is 20.4 Å². The van der Waals surface area contributed by atoms with Gasteiger partial charge in [0.2, 0.25) is 5.91 Å². The molecule has 0 saturated carbocycles. The number of nitrogens with zero attached hydrogens (tertiary/aromatic N) is 1. The maximum Gasteiger partial charge on any atom is 0.323 e. The molecule has 1 fully saturated rings. The van der Waals surface area contributed by atoms with Gasteiger partial charge in [0.1, 0.15) is 13.1 Å². The minimum atomic E-state index is -1.21. The van der Waals surface area contributed by atoms with Gasteiger partial charge in [-0.3, -0.25) is 14.4 Å². The molecule has 0 aliphatic carbocycles. The van der Waals surface area contributed by atoms with Crippen molar-refractivity contribution in [3.63, 3.8) is 0 Å². The van der Waals surface area contributed by atoms with E-state index in [9.17, 15) is 14.4 Å². The molecule has 1 aliphatic heterocycles. The van der Waals surface area contributed by atoms with Gasteiger partial charge in [-0.1, -0.05) is 12.8 Å². The Bertz CT molecular complexity index is 307. The first kappa shape index (κ1) is 14.4. The molecule has 1 unspecified atom stereocenters. The van der Waals surface area contributed by atoms with Crippen molar-refractivity contribution in [3.8, 4) is 0 Å². The number of carbonyl (C=O) groups is 3. The standard InChI is InChI=1S/C11H18N2O5/c14-9(15)6-13(7-10(16)17)11(18)8-4-2-1-3-5-12-8/h8,12H,1-7H2,(H,14,15)(H,16,17). The third kappa shape index (κ3) is 4.70. The summed E-state index contributed by atoms with van der Waals surface area (Å²) in [5.41, 5.74) is 0. The Morgan fingerprint density at radius 2 is 1.67 bits per heavy atom. The molecule has 1 aliphatic rings. The summed E-state index contributed by atoms with van der Waals surface area (Å²) >= 11 is 0. The number of rotatable bonds is 5. The maximum absolute atomic E-state index is 12.1. The van der Waals surface area contributed by atoms with Crippen molar-refractivity contribution in [2.24, 2.45) is 0 Å². The van der Waals surface area contributed by atoms with Crippen LogP contribution in [-0.2, 0) is 14.4 Å². The van der Waals surface area contributed by atoms with Crippen molar-refractivity contribution < 1.29 is 24.6 Å². The molecule has 7 nitrogen and oxygen atoms in total. The lowest BCUT2D eigenvalue weighted by Gasteiger charge is -2.24. The van der Waals surface area contributed by atoms with Crippen LogP contribution in [0.2, 0.25) is 0 Å². The van der Waals surface area contributed by atoms with E-state index < -0.39 is 37.0 Å². The van der Waals surface area contributed by atoms with E-state index in [0.29, 0.717) is 13.0 Å². The first-order valence-corrected chi connectivity index (χ1v) is 5.96. The minimum absolute atomic E-state index is 0.443. The molecule has 102 valence electrons. The summed E-state index contributed by atoms with van der Waals surface area (Å²) < 4.78 is 0. The second-order valence-corrected chi connectivity index (χ2v) is 4.34. The fourth-order valence-electron chi connectivity index (χ4n) is 2.00. The molecule has 1 heterocycles. The Labute approximate surface area is 105 Å². The largest absolute Gasteiger partial charge is 0.480 e. The summed E-state index contributed by atoms with van der Waals surface area (Å²) in [5.74, 6) is -2.86. The van der Waals surface area contributed by atoms with E-state index in [4.69, 9.17) is 10.2 Å². The van der Waals surface area contributed by atoms with Crippen molar-refractivity contribution in [3.05, 3.63) is 0 Å². The average Bonchev–Trinajstić information content (AvgIpc) is 2.54. The molecular formula is C11H18N2O5. The zero-order valence-corrected chi connectivity index (χ0v) is 10.1. The number of carboxylic acids is 2. The highest BCUT2D eigenvalue weighted by Crippen LogP contribution is 2.10. The second kappa shape index (κ2) is 6.95. The van der Waals surface area contributed by atoms with E-state index in [1.807, 2.05) is 0 Å². The fraction of sp³-hybridized carbons (Fsp3) is 0.727. The van der Waals surface area contributed by atoms with E-state index in [2.05, 4.69) is 5.32 Å². The van der Waals surface area contributed by atoms with Gasteiger partial charge in [0.15, 0.2) is 0 Å². The van der Waals surface area contributed by atoms with E-state index in [1.165, 1.54) is 0 Å². The Balaban J connectivity index is 2.66. The maximum atomic E-state index is 12.1. The quantitative estimate of drug-likeness (QED) is 0.614. The monoisotopic (exact) mass is 258 g/mol. The highest BCUT2D eigenvalue weighted by Gasteiger charge is 2.27. The van der Waals surface area contributed by atoms with Gasteiger partial charge in [-0.15, -0.1) is 0 Å². The molecule has 1 saturated heterocycles. The fourth-order valence-corrected chi connectivity index (χ4v) is 2.00. The molecule has 3 N–H and O–H groups in total. The summed E-state index contributed by atoms with van der Waals surface area (Å²) in [7, 11) is 0. The molecule has 1 atom stereocenters. The molecule has 0 aromatic carbocycles. The summed E-state index contributed by atoms with van der Waals surface area (Å²) in [5, 5.41) is 20.4. The van der Waals surface area contributed by atoms with Crippen molar-refractivity contribution in [2.75, 3.05) is 19.6 Å². The number of carbonyl (C=O) groups excluding carboxylic acids is 1. The van der Waals surface area contributed by atoms with Crippen molar-refractivity contribution in [1.29, 1.82) is 0 Å². The van der Waals surface area contributed by atoms with Crippen LogP contribution in [0.4, 0.5) is 0 Å². The van der Waals surface area contributed by atoms with Crippen molar-refractivity contribution >= 4 is 17.8 Å². The van der Waals surface area contributed by atoms with Gasteiger partial charge in [-0.05, 0) is 19.4 Å².